The Hall–Kier alpha value is -3.32. The molecular weight excluding hydrogens is 499 g/mol. The fourth-order valence-electron chi connectivity index (χ4n) is 2.84. The van der Waals surface area contributed by atoms with Crippen molar-refractivity contribution < 1.29 is 23.8 Å². The molecule has 0 saturated carbocycles. The van der Waals surface area contributed by atoms with E-state index in [0.717, 1.165) is 3.57 Å². The third kappa shape index (κ3) is 4.16. The van der Waals surface area contributed by atoms with Crippen molar-refractivity contribution in [3.05, 3.63) is 63.4 Å². The van der Waals surface area contributed by atoms with E-state index in [1.54, 1.807) is 42.5 Å². The van der Waals surface area contributed by atoms with Crippen LogP contribution in [0.25, 0.3) is 16.9 Å². The molecular formula is C22H17IN2O5. The summed E-state index contributed by atoms with van der Waals surface area (Å²) in [4.78, 5) is 25.3. The number of carbonyl (C=O) groups excluding carboxylic acids is 2. The minimum absolute atomic E-state index is 0.0151. The van der Waals surface area contributed by atoms with Gasteiger partial charge in [0.2, 0.25) is 0 Å². The highest BCUT2D eigenvalue weighted by Crippen LogP contribution is 2.32. The van der Waals surface area contributed by atoms with Crippen molar-refractivity contribution in [1.82, 2.24) is 9.78 Å². The summed E-state index contributed by atoms with van der Waals surface area (Å²) in [6.45, 7) is 0.137. The molecule has 1 aromatic heterocycles. The zero-order valence-electron chi connectivity index (χ0n) is 16.2. The molecule has 0 aliphatic carbocycles. The Balaban J connectivity index is 2.25. The molecule has 8 heteroatoms. The van der Waals surface area contributed by atoms with Crippen LogP contribution in [-0.2, 0) is 9.47 Å². The van der Waals surface area contributed by atoms with E-state index in [4.69, 9.17) is 20.6 Å². The van der Waals surface area contributed by atoms with Gasteiger partial charge in [0.15, 0.2) is 5.69 Å². The molecule has 0 spiro atoms. The second kappa shape index (κ2) is 9.45. The predicted octanol–water partition coefficient (Wildman–Crippen LogP) is 3.73. The molecule has 0 aliphatic heterocycles. The number of methoxy groups -OCH3 is 2. The molecule has 0 amide bonds. The van der Waals surface area contributed by atoms with Gasteiger partial charge in [-0.2, -0.15) is 5.10 Å². The Morgan fingerprint density at radius 2 is 1.80 bits per heavy atom. The Morgan fingerprint density at radius 3 is 2.40 bits per heavy atom. The molecule has 3 aromatic rings. The molecule has 3 rings (SSSR count). The van der Waals surface area contributed by atoms with Gasteiger partial charge in [0.05, 0.1) is 23.5 Å². The number of hydrogen-bond acceptors (Lipinski definition) is 6. The monoisotopic (exact) mass is 516 g/mol. The Bertz CT molecular complexity index is 1130. The first-order valence-corrected chi connectivity index (χ1v) is 9.81. The first-order chi connectivity index (χ1) is 14.5. The number of hydrogen-bond donors (Lipinski definition) is 0. The molecule has 1 heterocycles. The van der Waals surface area contributed by atoms with Crippen molar-refractivity contribution in [2.24, 2.45) is 0 Å². The molecule has 0 radical (unpaired) electrons. The molecule has 0 aliphatic rings. The van der Waals surface area contributed by atoms with Gasteiger partial charge in [0.1, 0.15) is 23.6 Å². The quantitative estimate of drug-likeness (QED) is 0.282. The van der Waals surface area contributed by atoms with E-state index in [1.807, 2.05) is 6.07 Å². The summed E-state index contributed by atoms with van der Waals surface area (Å²) in [6, 6.07) is 14.2. The van der Waals surface area contributed by atoms with Crippen molar-refractivity contribution in [2.45, 2.75) is 0 Å². The van der Waals surface area contributed by atoms with Crippen molar-refractivity contribution in [2.75, 3.05) is 20.8 Å². The number of para-hydroxylation sites is 1. The van der Waals surface area contributed by atoms with E-state index < -0.39 is 11.9 Å². The average molecular weight is 516 g/mol. The third-order valence-corrected chi connectivity index (χ3v) is 5.01. The van der Waals surface area contributed by atoms with E-state index in [9.17, 15) is 9.59 Å². The molecule has 0 N–H and O–H groups in total. The minimum atomic E-state index is -0.707. The summed E-state index contributed by atoms with van der Waals surface area (Å²) >= 11 is 2.10. The largest absolute Gasteiger partial charge is 0.480 e. The lowest BCUT2D eigenvalue weighted by atomic mass is 10.1. The highest BCUT2D eigenvalue weighted by atomic mass is 127. The summed E-state index contributed by atoms with van der Waals surface area (Å²) in [5.41, 5.74) is 1.48. The average Bonchev–Trinajstić information content (AvgIpc) is 3.18. The third-order valence-electron chi connectivity index (χ3n) is 4.17. The highest BCUT2D eigenvalue weighted by molar-refractivity contribution is 14.1. The van der Waals surface area contributed by atoms with Crippen molar-refractivity contribution in [3.8, 4) is 35.0 Å². The van der Waals surface area contributed by atoms with Crippen LogP contribution in [0.2, 0.25) is 0 Å². The molecule has 152 valence electrons. The summed E-state index contributed by atoms with van der Waals surface area (Å²) in [6.07, 6.45) is 5.25. The van der Waals surface area contributed by atoms with Crippen LogP contribution in [-0.4, -0.2) is 42.5 Å². The maximum atomic E-state index is 12.7. The first-order valence-electron chi connectivity index (χ1n) is 8.73. The van der Waals surface area contributed by atoms with Gasteiger partial charge in [-0.05, 0) is 52.9 Å². The van der Waals surface area contributed by atoms with Gasteiger partial charge >= 0.3 is 11.9 Å². The summed E-state index contributed by atoms with van der Waals surface area (Å²) < 4.78 is 17.5. The molecule has 0 saturated heterocycles. The Labute approximate surface area is 187 Å². The number of rotatable bonds is 6. The Morgan fingerprint density at radius 1 is 1.10 bits per heavy atom. The Kier molecular flexibility index (Phi) is 6.74. The molecule has 0 fully saturated rings. The van der Waals surface area contributed by atoms with Crippen LogP contribution in [0.1, 0.15) is 20.8 Å². The molecule has 0 unspecified atom stereocenters. The normalized spacial score (nSPS) is 10.2. The second-order valence-electron chi connectivity index (χ2n) is 5.94. The van der Waals surface area contributed by atoms with Crippen LogP contribution in [0.3, 0.4) is 0 Å². The van der Waals surface area contributed by atoms with Crippen LogP contribution >= 0.6 is 22.6 Å². The van der Waals surface area contributed by atoms with Gasteiger partial charge in [-0.3, -0.25) is 0 Å². The van der Waals surface area contributed by atoms with Crippen LogP contribution in [0, 0.1) is 15.9 Å². The number of nitrogens with zero attached hydrogens (tertiary/aromatic N) is 2. The number of esters is 2. The maximum absolute atomic E-state index is 12.7. The van der Waals surface area contributed by atoms with Gasteiger partial charge in [0, 0.05) is 5.56 Å². The molecule has 7 nitrogen and oxygen atoms in total. The molecule has 30 heavy (non-hydrogen) atoms. The van der Waals surface area contributed by atoms with Crippen molar-refractivity contribution in [3.63, 3.8) is 0 Å². The van der Waals surface area contributed by atoms with Crippen molar-refractivity contribution >= 4 is 34.5 Å². The molecule has 0 atom stereocenters. The summed E-state index contributed by atoms with van der Waals surface area (Å²) in [5.74, 6) is 1.61. The van der Waals surface area contributed by atoms with Gasteiger partial charge in [-0.1, -0.05) is 24.1 Å². The summed E-state index contributed by atoms with van der Waals surface area (Å²) in [5, 5.41) is 4.56. The number of terminal acetylenes is 1. The molecule has 0 bridgehead atoms. The zero-order valence-corrected chi connectivity index (χ0v) is 18.4. The predicted molar refractivity (Wildman–Crippen MR) is 119 cm³/mol. The number of aromatic nitrogens is 2. The van der Waals surface area contributed by atoms with Gasteiger partial charge < -0.3 is 14.2 Å². The minimum Gasteiger partial charge on any atom is -0.480 e. The lowest BCUT2D eigenvalue weighted by Gasteiger charge is -2.08. The maximum Gasteiger partial charge on any atom is 0.357 e. The van der Waals surface area contributed by atoms with E-state index in [0.29, 0.717) is 17.0 Å². The van der Waals surface area contributed by atoms with Crippen molar-refractivity contribution in [1.29, 1.82) is 0 Å². The topological polar surface area (TPSA) is 79.7 Å². The van der Waals surface area contributed by atoms with E-state index in [1.165, 1.54) is 18.9 Å². The summed E-state index contributed by atoms with van der Waals surface area (Å²) in [7, 11) is 2.49. The lowest BCUT2D eigenvalue weighted by Crippen LogP contribution is -2.15. The number of ether oxygens (including phenoxy) is 3. The lowest BCUT2D eigenvalue weighted by molar-refractivity contribution is 0.0549. The first kappa shape index (κ1) is 21.4. The highest BCUT2D eigenvalue weighted by Gasteiger charge is 2.31. The standard InChI is InChI=1S/C22H17IN2O5/c1-4-12-30-17-11-10-14(13-16(17)23)19-18(21(26)28-2)20(22(27)29-3)25(24-19)15-8-6-5-7-9-15/h1,5-11,13H,12H2,2-3H3. The van der Waals surface area contributed by atoms with E-state index in [-0.39, 0.29) is 23.6 Å². The number of halogens is 1. The van der Waals surface area contributed by atoms with Crippen LogP contribution in [0.4, 0.5) is 0 Å². The molecule has 2 aromatic carbocycles. The van der Waals surface area contributed by atoms with Crippen LogP contribution < -0.4 is 4.74 Å². The second-order valence-corrected chi connectivity index (χ2v) is 7.10. The zero-order chi connectivity index (χ0) is 21.7. The number of carbonyl (C=O) groups is 2. The fourth-order valence-corrected chi connectivity index (χ4v) is 3.51. The number of benzene rings is 2. The van der Waals surface area contributed by atoms with Crippen LogP contribution in [0.15, 0.2) is 48.5 Å². The smallest absolute Gasteiger partial charge is 0.357 e. The van der Waals surface area contributed by atoms with Crippen LogP contribution in [0.5, 0.6) is 5.75 Å². The van der Waals surface area contributed by atoms with Gasteiger partial charge in [-0.15, -0.1) is 6.42 Å². The van der Waals surface area contributed by atoms with E-state index >= 15 is 0 Å². The van der Waals surface area contributed by atoms with Gasteiger partial charge in [0.25, 0.3) is 0 Å². The fraction of sp³-hybridized carbons (Fsp3) is 0.136. The van der Waals surface area contributed by atoms with E-state index in [2.05, 4.69) is 33.6 Å². The SMILES string of the molecule is C#CCOc1ccc(-c2nn(-c3ccccc3)c(C(=O)OC)c2C(=O)OC)cc1I. The van der Waals surface area contributed by atoms with Gasteiger partial charge in [-0.25, -0.2) is 14.3 Å².